The van der Waals surface area contributed by atoms with Gasteiger partial charge in [-0.15, -0.1) is 0 Å². The highest BCUT2D eigenvalue weighted by molar-refractivity contribution is 5.90. The van der Waals surface area contributed by atoms with E-state index in [2.05, 4.69) is 5.32 Å². The van der Waals surface area contributed by atoms with Crippen LogP contribution in [0.4, 0.5) is 26.3 Å². The van der Waals surface area contributed by atoms with Crippen LogP contribution in [0.5, 0.6) is 0 Å². The lowest BCUT2D eigenvalue weighted by Gasteiger charge is -2.29. The molecule has 0 aromatic heterocycles. The largest absolute Gasteiger partial charge is 0.417 e. The molecule has 26 heavy (non-hydrogen) atoms. The summed E-state index contributed by atoms with van der Waals surface area (Å²) in [5.74, 6) is 0. The maximum atomic E-state index is 13.3. The third-order valence-electron chi connectivity index (χ3n) is 4.71. The molecular weight excluding hydrogens is 360 g/mol. The number of alkyl halides is 6. The first kappa shape index (κ1) is 19.0. The van der Waals surface area contributed by atoms with Crippen LogP contribution in [-0.2, 0) is 12.4 Å². The lowest BCUT2D eigenvalue weighted by molar-refractivity contribution is -0.139. The maximum Gasteiger partial charge on any atom is 0.417 e. The second-order valence-electron chi connectivity index (χ2n) is 6.46. The van der Waals surface area contributed by atoms with Crippen molar-refractivity contribution < 1.29 is 31.4 Å². The number of fused-ring (bicyclic) bond motifs is 1. The fourth-order valence-corrected chi connectivity index (χ4v) is 3.44. The molecule has 1 fully saturated rings. The number of aliphatic hydroxyl groups is 1. The molecule has 0 saturated carbocycles. The fourth-order valence-electron chi connectivity index (χ4n) is 3.44. The van der Waals surface area contributed by atoms with Crippen LogP contribution in [0.15, 0.2) is 30.3 Å². The summed E-state index contributed by atoms with van der Waals surface area (Å²) in [6, 6.07) is 3.96. The molecule has 1 aliphatic rings. The van der Waals surface area contributed by atoms with Crippen molar-refractivity contribution in [3.8, 4) is 0 Å². The van der Waals surface area contributed by atoms with Crippen molar-refractivity contribution in [2.75, 3.05) is 6.54 Å². The van der Waals surface area contributed by atoms with Crippen LogP contribution in [-0.4, -0.2) is 17.7 Å². The van der Waals surface area contributed by atoms with E-state index in [1.165, 1.54) is 6.07 Å². The highest BCUT2D eigenvalue weighted by Crippen LogP contribution is 2.41. The minimum Gasteiger partial charge on any atom is -0.387 e. The van der Waals surface area contributed by atoms with Crippen molar-refractivity contribution in [2.45, 2.75) is 43.8 Å². The predicted octanol–water partition coefficient (Wildman–Crippen LogP) is 5.05. The fraction of sp³-hybridized carbons (Fsp3) is 0.444. The molecule has 2 nitrogen and oxygen atoms in total. The summed E-state index contributed by atoms with van der Waals surface area (Å²) < 4.78 is 79.6. The van der Waals surface area contributed by atoms with Crippen LogP contribution in [0.2, 0.25) is 0 Å². The molecule has 2 N–H and O–H groups in total. The number of piperidine rings is 1. The van der Waals surface area contributed by atoms with E-state index < -0.39 is 41.0 Å². The molecule has 3 rings (SSSR count). The zero-order valence-electron chi connectivity index (χ0n) is 13.6. The Morgan fingerprint density at radius 1 is 0.962 bits per heavy atom. The molecule has 0 bridgehead atoms. The normalized spacial score (nSPS) is 20.3. The molecule has 8 heteroatoms. The third-order valence-corrected chi connectivity index (χ3v) is 4.71. The lowest BCUT2D eigenvalue weighted by atomic mass is 9.89. The van der Waals surface area contributed by atoms with Gasteiger partial charge in [0, 0.05) is 6.04 Å². The maximum absolute atomic E-state index is 13.3. The Kier molecular flexibility index (Phi) is 4.92. The number of nitrogens with one attached hydrogen (secondary N) is 1. The molecule has 2 aromatic carbocycles. The van der Waals surface area contributed by atoms with Gasteiger partial charge in [0.25, 0.3) is 0 Å². The number of hydrogen-bond acceptors (Lipinski definition) is 2. The van der Waals surface area contributed by atoms with Gasteiger partial charge in [0.2, 0.25) is 0 Å². The SMILES string of the molecule is O[C@H](c1cc(C(F)(F)F)cc2c(C(F)(F)F)cccc12)[C@@H]1CCCCN1. The minimum atomic E-state index is -4.82. The van der Waals surface area contributed by atoms with E-state index >= 15 is 0 Å². The van der Waals surface area contributed by atoms with Crippen molar-refractivity contribution in [3.63, 3.8) is 0 Å². The number of hydrogen-bond donors (Lipinski definition) is 2. The summed E-state index contributed by atoms with van der Waals surface area (Å²) in [4.78, 5) is 0. The van der Waals surface area contributed by atoms with E-state index in [-0.39, 0.29) is 10.9 Å². The summed E-state index contributed by atoms with van der Waals surface area (Å²) in [6.07, 6.45) is -8.73. The number of benzene rings is 2. The summed E-state index contributed by atoms with van der Waals surface area (Å²) in [5.41, 5.74) is -2.49. The smallest absolute Gasteiger partial charge is 0.387 e. The van der Waals surface area contributed by atoms with Crippen LogP contribution in [0.3, 0.4) is 0 Å². The van der Waals surface area contributed by atoms with Crippen molar-refractivity contribution in [3.05, 3.63) is 47.0 Å². The molecule has 2 aromatic rings. The van der Waals surface area contributed by atoms with E-state index in [1.54, 1.807) is 0 Å². The van der Waals surface area contributed by atoms with Gasteiger partial charge in [-0.05, 0) is 53.9 Å². The molecule has 0 radical (unpaired) electrons. The monoisotopic (exact) mass is 377 g/mol. The van der Waals surface area contributed by atoms with Gasteiger partial charge < -0.3 is 10.4 Å². The van der Waals surface area contributed by atoms with E-state index in [0.29, 0.717) is 19.0 Å². The molecule has 1 heterocycles. The van der Waals surface area contributed by atoms with Gasteiger partial charge in [-0.25, -0.2) is 0 Å². The molecule has 2 atom stereocenters. The van der Waals surface area contributed by atoms with Crippen LogP contribution < -0.4 is 5.32 Å². The zero-order chi connectivity index (χ0) is 19.1. The van der Waals surface area contributed by atoms with Crippen LogP contribution in [0.25, 0.3) is 10.8 Å². The Morgan fingerprint density at radius 3 is 2.27 bits per heavy atom. The average Bonchev–Trinajstić information content (AvgIpc) is 2.58. The molecular formula is C18H17F6NO. The third kappa shape index (κ3) is 3.66. The van der Waals surface area contributed by atoms with Crippen LogP contribution >= 0.6 is 0 Å². The molecule has 142 valence electrons. The Hall–Kier alpha value is -1.80. The van der Waals surface area contributed by atoms with E-state index in [9.17, 15) is 31.4 Å². The zero-order valence-corrected chi connectivity index (χ0v) is 13.6. The van der Waals surface area contributed by atoms with E-state index in [4.69, 9.17) is 0 Å². The second kappa shape index (κ2) is 6.74. The predicted molar refractivity (Wildman–Crippen MR) is 84.6 cm³/mol. The summed E-state index contributed by atoms with van der Waals surface area (Å²) in [7, 11) is 0. The van der Waals surface area contributed by atoms with Gasteiger partial charge in [0.15, 0.2) is 0 Å². The highest BCUT2D eigenvalue weighted by Gasteiger charge is 2.37. The van der Waals surface area contributed by atoms with Gasteiger partial charge in [0.1, 0.15) is 0 Å². The van der Waals surface area contributed by atoms with Gasteiger partial charge in [0.05, 0.1) is 17.2 Å². The van der Waals surface area contributed by atoms with Gasteiger partial charge in [-0.2, -0.15) is 26.3 Å². The van der Waals surface area contributed by atoms with Crippen molar-refractivity contribution >= 4 is 10.8 Å². The Bertz CT molecular complexity index is 793. The summed E-state index contributed by atoms with van der Waals surface area (Å²) in [6.45, 7) is 0.604. The average molecular weight is 377 g/mol. The molecule has 1 saturated heterocycles. The Balaban J connectivity index is 2.23. The van der Waals surface area contributed by atoms with E-state index in [0.717, 1.165) is 31.0 Å². The second-order valence-corrected chi connectivity index (χ2v) is 6.46. The molecule has 1 aliphatic heterocycles. The quantitative estimate of drug-likeness (QED) is 0.718. The minimum absolute atomic E-state index is 0.0206. The van der Waals surface area contributed by atoms with Crippen molar-refractivity contribution in [1.29, 1.82) is 0 Å². The Morgan fingerprint density at radius 2 is 1.69 bits per heavy atom. The summed E-state index contributed by atoms with van der Waals surface area (Å²) in [5, 5.41) is 13.1. The van der Waals surface area contributed by atoms with Gasteiger partial charge >= 0.3 is 12.4 Å². The lowest BCUT2D eigenvalue weighted by Crippen LogP contribution is -2.39. The molecule has 0 aliphatic carbocycles. The number of rotatable bonds is 2. The first-order chi connectivity index (χ1) is 12.1. The van der Waals surface area contributed by atoms with Crippen molar-refractivity contribution in [2.24, 2.45) is 0 Å². The van der Waals surface area contributed by atoms with Crippen LogP contribution in [0.1, 0.15) is 42.1 Å². The number of aliphatic hydroxyl groups excluding tert-OH is 1. The van der Waals surface area contributed by atoms with Crippen LogP contribution in [0, 0.1) is 0 Å². The first-order valence-corrected chi connectivity index (χ1v) is 8.21. The highest BCUT2D eigenvalue weighted by atomic mass is 19.4. The summed E-state index contributed by atoms with van der Waals surface area (Å²) >= 11 is 0. The van der Waals surface area contributed by atoms with Gasteiger partial charge in [-0.3, -0.25) is 0 Å². The topological polar surface area (TPSA) is 32.3 Å². The van der Waals surface area contributed by atoms with Gasteiger partial charge in [-0.1, -0.05) is 18.6 Å². The standard InChI is InChI=1S/C18H17F6NO/c19-17(20,21)10-8-12-11(4-3-5-14(12)18(22,23)24)13(9-10)16(26)15-6-1-2-7-25-15/h3-5,8-9,15-16,25-26H,1-2,6-7H2/t15-,16+/m0/s1. The molecule has 0 amide bonds. The van der Waals surface area contributed by atoms with Crippen molar-refractivity contribution in [1.82, 2.24) is 5.32 Å². The number of halogens is 6. The Labute approximate surface area is 145 Å². The van der Waals surface area contributed by atoms with E-state index in [1.807, 2.05) is 0 Å². The first-order valence-electron chi connectivity index (χ1n) is 8.21. The molecule has 0 spiro atoms. The molecule has 0 unspecified atom stereocenters.